The topological polar surface area (TPSA) is 65.6 Å². The van der Waals surface area contributed by atoms with Crippen molar-refractivity contribution in [1.29, 1.82) is 0 Å². The molecule has 6 nitrogen and oxygen atoms in total. The fraction of sp³-hybridized carbons (Fsp3) is 0.407. The minimum atomic E-state index is -0.476. The van der Waals surface area contributed by atoms with E-state index in [2.05, 4.69) is 17.1 Å². The first-order chi connectivity index (χ1) is 16.2. The summed E-state index contributed by atoms with van der Waals surface area (Å²) in [5.41, 5.74) is 4.15. The van der Waals surface area contributed by atoms with Gasteiger partial charge in [0.15, 0.2) is 0 Å². The summed E-state index contributed by atoms with van der Waals surface area (Å²) in [5.74, 6) is 0.875. The second-order valence-electron chi connectivity index (χ2n) is 9.52. The Morgan fingerprint density at radius 2 is 1.82 bits per heavy atom. The van der Waals surface area contributed by atoms with Crippen molar-refractivity contribution < 1.29 is 14.3 Å². The van der Waals surface area contributed by atoms with Gasteiger partial charge >= 0.3 is 0 Å². The van der Waals surface area contributed by atoms with Gasteiger partial charge in [-0.25, -0.2) is 0 Å². The van der Waals surface area contributed by atoms with Gasteiger partial charge in [-0.05, 0) is 42.2 Å². The molecule has 1 saturated carbocycles. The number of para-hydroxylation sites is 1. The lowest BCUT2D eigenvalue weighted by molar-refractivity contribution is -0.161. The van der Waals surface area contributed by atoms with Crippen LogP contribution >= 0.6 is 0 Å². The van der Waals surface area contributed by atoms with Gasteiger partial charge < -0.3 is 19.5 Å². The number of carbonyl (C=O) groups is 2. The smallest absolute Gasteiger partial charge is 0.246 e. The molecule has 1 saturated heterocycles. The molecule has 2 atom stereocenters. The summed E-state index contributed by atoms with van der Waals surface area (Å²) < 4.78 is 5.48. The minimum Gasteiger partial charge on any atom is -0.497 e. The standard InChI is InChI=1S/C27H29N3O3/c1-33-19-11-7-8-17(14-19)26-25-21(20-12-5-6-13-22(20)28-25)15-23-27(32)29(16-24(31)30(23)26)18-9-3-2-4-10-18/h5-8,11-14,18,23,26,28H,2-4,9-10,15-16H2,1H3/t23-,26+/m0/s1. The molecule has 0 radical (unpaired) electrons. The molecule has 33 heavy (non-hydrogen) atoms. The number of carbonyl (C=O) groups excluding carboxylic acids is 2. The molecule has 2 aromatic carbocycles. The number of nitrogens with one attached hydrogen (secondary N) is 1. The van der Waals surface area contributed by atoms with Crippen LogP contribution in [0, 0.1) is 0 Å². The monoisotopic (exact) mass is 443 g/mol. The number of nitrogens with zero attached hydrogens (tertiary/aromatic N) is 2. The van der Waals surface area contributed by atoms with E-state index in [1.165, 1.54) is 6.42 Å². The van der Waals surface area contributed by atoms with E-state index >= 15 is 0 Å². The van der Waals surface area contributed by atoms with Crippen LogP contribution in [-0.2, 0) is 16.0 Å². The van der Waals surface area contributed by atoms with Crippen molar-refractivity contribution in [2.45, 2.75) is 56.7 Å². The van der Waals surface area contributed by atoms with Crippen LogP contribution < -0.4 is 4.74 Å². The highest BCUT2D eigenvalue weighted by Crippen LogP contribution is 2.43. The van der Waals surface area contributed by atoms with Crippen LogP contribution in [-0.4, -0.2) is 52.3 Å². The highest BCUT2D eigenvalue weighted by molar-refractivity contribution is 5.97. The van der Waals surface area contributed by atoms with Crippen molar-refractivity contribution in [2.24, 2.45) is 0 Å². The maximum absolute atomic E-state index is 13.9. The first kappa shape index (κ1) is 20.3. The first-order valence-corrected chi connectivity index (χ1v) is 12.0. The van der Waals surface area contributed by atoms with Crippen LogP contribution in [0.4, 0.5) is 0 Å². The number of fused-ring (bicyclic) bond motifs is 4. The van der Waals surface area contributed by atoms with E-state index in [4.69, 9.17) is 4.74 Å². The van der Waals surface area contributed by atoms with Gasteiger partial charge in [-0.15, -0.1) is 0 Å². The van der Waals surface area contributed by atoms with E-state index in [0.29, 0.717) is 6.42 Å². The second kappa shape index (κ2) is 7.94. The van der Waals surface area contributed by atoms with Crippen molar-refractivity contribution >= 4 is 22.7 Å². The Morgan fingerprint density at radius 1 is 1.00 bits per heavy atom. The van der Waals surface area contributed by atoms with Gasteiger partial charge in [0.2, 0.25) is 11.8 Å². The lowest BCUT2D eigenvalue weighted by Gasteiger charge is -2.49. The fourth-order valence-electron chi connectivity index (χ4n) is 6.15. The van der Waals surface area contributed by atoms with Gasteiger partial charge in [0.25, 0.3) is 0 Å². The molecule has 3 aromatic rings. The average Bonchev–Trinajstić information content (AvgIpc) is 3.24. The number of aromatic nitrogens is 1. The predicted molar refractivity (Wildman–Crippen MR) is 126 cm³/mol. The highest BCUT2D eigenvalue weighted by atomic mass is 16.5. The molecule has 1 aromatic heterocycles. The Labute approximate surface area is 193 Å². The Morgan fingerprint density at radius 3 is 2.64 bits per heavy atom. The molecule has 0 bridgehead atoms. The number of rotatable bonds is 3. The Balaban J connectivity index is 1.49. The van der Waals surface area contributed by atoms with Crippen LogP contribution in [0.15, 0.2) is 48.5 Å². The van der Waals surface area contributed by atoms with E-state index in [1.807, 2.05) is 46.2 Å². The summed E-state index contributed by atoms with van der Waals surface area (Å²) in [6.45, 7) is 0.177. The molecule has 2 amide bonds. The van der Waals surface area contributed by atoms with Gasteiger partial charge in [-0.1, -0.05) is 49.6 Å². The largest absolute Gasteiger partial charge is 0.497 e. The number of amides is 2. The number of ether oxygens (including phenoxy) is 1. The molecule has 6 rings (SSSR count). The normalized spacial score (nSPS) is 23.5. The molecule has 2 fully saturated rings. The number of H-pyrrole nitrogens is 1. The molecule has 1 N–H and O–H groups in total. The van der Waals surface area contributed by atoms with Gasteiger partial charge in [-0.2, -0.15) is 0 Å². The van der Waals surface area contributed by atoms with E-state index in [1.54, 1.807) is 7.11 Å². The van der Waals surface area contributed by atoms with Gasteiger partial charge in [0, 0.05) is 29.1 Å². The summed E-state index contributed by atoms with van der Waals surface area (Å²) in [5, 5.41) is 1.13. The van der Waals surface area contributed by atoms with E-state index < -0.39 is 6.04 Å². The molecule has 6 heteroatoms. The summed E-state index contributed by atoms with van der Waals surface area (Å²) in [6, 6.07) is 15.5. The third-order valence-electron chi connectivity index (χ3n) is 7.72. The Hall–Kier alpha value is -3.28. The molecule has 3 heterocycles. The number of hydrogen-bond acceptors (Lipinski definition) is 3. The van der Waals surface area contributed by atoms with Gasteiger partial charge in [-0.3, -0.25) is 9.59 Å². The van der Waals surface area contributed by atoms with Crippen LogP contribution in [0.2, 0.25) is 0 Å². The number of hydrogen-bond donors (Lipinski definition) is 1. The average molecular weight is 444 g/mol. The van der Waals surface area contributed by atoms with Crippen LogP contribution in [0.3, 0.4) is 0 Å². The van der Waals surface area contributed by atoms with E-state index in [0.717, 1.165) is 59.2 Å². The zero-order valence-electron chi connectivity index (χ0n) is 18.9. The molecule has 1 aliphatic carbocycles. The summed E-state index contributed by atoms with van der Waals surface area (Å²) in [4.78, 5) is 34.9. The summed E-state index contributed by atoms with van der Waals surface area (Å²) >= 11 is 0. The van der Waals surface area contributed by atoms with Crippen molar-refractivity contribution in [3.63, 3.8) is 0 Å². The van der Waals surface area contributed by atoms with Gasteiger partial charge in [0.05, 0.1) is 13.2 Å². The number of methoxy groups -OCH3 is 1. The van der Waals surface area contributed by atoms with Gasteiger partial charge in [0.1, 0.15) is 18.3 Å². The Kier molecular flexibility index (Phi) is 4.89. The summed E-state index contributed by atoms with van der Waals surface area (Å²) in [6.07, 6.45) is 6.05. The molecule has 2 aliphatic heterocycles. The van der Waals surface area contributed by atoms with Crippen molar-refractivity contribution in [3.05, 3.63) is 65.4 Å². The SMILES string of the molecule is COc1cccc([C@@H]2c3[nH]c4ccccc4c3C[C@H]3C(=O)N(C4CCCCC4)CC(=O)N23)c1. The lowest BCUT2D eigenvalue weighted by Crippen LogP contribution is -2.65. The zero-order chi connectivity index (χ0) is 22.5. The van der Waals surface area contributed by atoms with E-state index in [-0.39, 0.29) is 30.4 Å². The maximum Gasteiger partial charge on any atom is 0.246 e. The first-order valence-electron chi connectivity index (χ1n) is 12.0. The number of aromatic amines is 1. The molecule has 170 valence electrons. The molecular formula is C27H29N3O3. The fourth-order valence-corrected chi connectivity index (χ4v) is 6.15. The van der Waals surface area contributed by atoms with Crippen molar-refractivity contribution in [2.75, 3.05) is 13.7 Å². The lowest BCUT2D eigenvalue weighted by atomic mass is 9.85. The number of piperazine rings is 1. The van der Waals surface area contributed by atoms with Crippen LogP contribution in [0.1, 0.15) is 55.0 Å². The maximum atomic E-state index is 13.9. The Bertz CT molecular complexity index is 1230. The minimum absolute atomic E-state index is 0.0299. The third-order valence-corrected chi connectivity index (χ3v) is 7.72. The van der Waals surface area contributed by atoms with Crippen molar-refractivity contribution in [3.8, 4) is 5.75 Å². The summed E-state index contributed by atoms with van der Waals surface area (Å²) in [7, 11) is 1.65. The molecule has 3 aliphatic rings. The molecule has 0 spiro atoms. The number of benzene rings is 2. The van der Waals surface area contributed by atoms with Crippen LogP contribution in [0.25, 0.3) is 10.9 Å². The predicted octanol–water partition coefficient (Wildman–Crippen LogP) is 4.19. The van der Waals surface area contributed by atoms with E-state index in [9.17, 15) is 9.59 Å². The highest BCUT2D eigenvalue weighted by Gasteiger charge is 2.49. The zero-order valence-corrected chi connectivity index (χ0v) is 18.9. The molecule has 0 unspecified atom stereocenters. The quantitative estimate of drug-likeness (QED) is 0.660. The second-order valence-corrected chi connectivity index (χ2v) is 9.52. The van der Waals surface area contributed by atoms with Crippen molar-refractivity contribution in [1.82, 2.24) is 14.8 Å². The third kappa shape index (κ3) is 3.23. The molecular weight excluding hydrogens is 414 g/mol. The van der Waals surface area contributed by atoms with Crippen LogP contribution in [0.5, 0.6) is 5.75 Å².